The van der Waals surface area contributed by atoms with Crippen molar-refractivity contribution in [3.05, 3.63) is 82.4 Å². The third kappa shape index (κ3) is 6.04. The zero-order chi connectivity index (χ0) is 26.1. The van der Waals surface area contributed by atoms with Gasteiger partial charge in [-0.25, -0.2) is 0 Å². The smallest absolute Gasteiger partial charge is 0.406 e. The summed E-state index contributed by atoms with van der Waals surface area (Å²) in [6.07, 6.45) is -9.94. The number of primary amides is 1. The number of nitrogens with two attached hydrogens (primary N) is 1. The fourth-order valence-electron chi connectivity index (χ4n) is 3.25. The first-order valence-corrected chi connectivity index (χ1v) is 10.00. The van der Waals surface area contributed by atoms with E-state index in [0.29, 0.717) is 4.90 Å². The molecule has 0 radical (unpaired) electrons. The zero-order valence-electron chi connectivity index (χ0n) is 17.7. The van der Waals surface area contributed by atoms with E-state index in [1.54, 1.807) is 0 Å². The van der Waals surface area contributed by atoms with E-state index < -0.39 is 41.4 Å². The summed E-state index contributed by atoms with van der Waals surface area (Å²) in [5.74, 6) is -2.52. The second-order valence-corrected chi connectivity index (χ2v) is 7.64. The monoisotopic (exact) mass is 516 g/mol. The van der Waals surface area contributed by atoms with Gasteiger partial charge in [-0.2, -0.15) is 13.2 Å². The SMILES string of the molecule is CN(C(=O)c1cccc(OC(F)(F)F)c1)c1ccc(-c2cc(C(N)=O)ccc2Cl)cc1C(F)(F)F. The molecule has 0 aliphatic heterocycles. The number of rotatable bonds is 5. The first-order chi connectivity index (χ1) is 16.2. The third-order valence-corrected chi connectivity index (χ3v) is 5.17. The van der Waals surface area contributed by atoms with Crippen LogP contribution in [0.4, 0.5) is 32.0 Å². The molecule has 0 fully saturated rings. The van der Waals surface area contributed by atoms with Crippen molar-refractivity contribution < 1.29 is 40.7 Å². The first kappa shape index (κ1) is 25.9. The van der Waals surface area contributed by atoms with Crippen LogP contribution in [-0.4, -0.2) is 25.2 Å². The number of halogens is 7. The van der Waals surface area contributed by atoms with Crippen LogP contribution in [0.1, 0.15) is 26.3 Å². The Balaban J connectivity index is 2.04. The molecular weight excluding hydrogens is 502 g/mol. The molecule has 0 aliphatic rings. The fraction of sp³-hybridized carbons (Fsp3) is 0.130. The molecule has 0 saturated carbocycles. The molecule has 35 heavy (non-hydrogen) atoms. The Morgan fingerprint density at radius 2 is 1.60 bits per heavy atom. The van der Waals surface area contributed by atoms with E-state index in [1.165, 1.54) is 24.3 Å². The van der Waals surface area contributed by atoms with Gasteiger partial charge in [0.05, 0.1) is 11.3 Å². The van der Waals surface area contributed by atoms with Crippen molar-refractivity contribution in [3.63, 3.8) is 0 Å². The number of amides is 2. The quantitative estimate of drug-likeness (QED) is 0.405. The lowest BCUT2D eigenvalue weighted by molar-refractivity contribution is -0.274. The maximum atomic E-state index is 13.9. The lowest BCUT2D eigenvalue weighted by atomic mass is 9.99. The average Bonchev–Trinajstić information content (AvgIpc) is 2.76. The third-order valence-electron chi connectivity index (χ3n) is 4.84. The molecule has 0 aliphatic carbocycles. The van der Waals surface area contributed by atoms with Crippen LogP contribution in [0.2, 0.25) is 5.02 Å². The number of nitrogens with zero attached hydrogens (tertiary/aromatic N) is 1. The number of alkyl halides is 6. The van der Waals surface area contributed by atoms with Crippen molar-refractivity contribution in [1.82, 2.24) is 0 Å². The lowest BCUT2D eigenvalue weighted by Crippen LogP contribution is -2.28. The summed E-state index contributed by atoms with van der Waals surface area (Å²) in [4.78, 5) is 24.9. The van der Waals surface area contributed by atoms with E-state index in [1.807, 2.05) is 0 Å². The Morgan fingerprint density at radius 3 is 2.20 bits per heavy atom. The lowest BCUT2D eigenvalue weighted by Gasteiger charge is -2.23. The van der Waals surface area contributed by atoms with Gasteiger partial charge in [0.1, 0.15) is 5.75 Å². The van der Waals surface area contributed by atoms with Crippen LogP contribution in [0.3, 0.4) is 0 Å². The molecule has 0 atom stereocenters. The number of carbonyl (C=O) groups excluding carboxylic acids is 2. The van der Waals surface area contributed by atoms with Crippen molar-refractivity contribution >= 4 is 29.1 Å². The number of ether oxygens (including phenoxy) is 1. The van der Waals surface area contributed by atoms with Crippen LogP contribution in [-0.2, 0) is 6.18 Å². The molecule has 0 spiro atoms. The number of hydrogen-bond donors (Lipinski definition) is 1. The van der Waals surface area contributed by atoms with E-state index in [0.717, 1.165) is 43.4 Å². The van der Waals surface area contributed by atoms with Crippen molar-refractivity contribution in [1.29, 1.82) is 0 Å². The summed E-state index contributed by atoms with van der Waals surface area (Å²) in [7, 11) is 1.05. The average molecular weight is 517 g/mol. The van der Waals surface area contributed by atoms with E-state index in [4.69, 9.17) is 17.3 Å². The van der Waals surface area contributed by atoms with Crippen LogP contribution in [0.25, 0.3) is 11.1 Å². The van der Waals surface area contributed by atoms with Crippen LogP contribution in [0, 0.1) is 0 Å². The molecule has 3 aromatic carbocycles. The highest BCUT2D eigenvalue weighted by molar-refractivity contribution is 6.33. The first-order valence-electron chi connectivity index (χ1n) is 9.62. The van der Waals surface area contributed by atoms with Gasteiger partial charge in [0.15, 0.2) is 0 Å². The molecule has 12 heteroatoms. The highest BCUT2D eigenvalue weighted by Crippen LogP contribution is 2.40. The summed E-state index contributed by atoms with van der Waals surface area (Å²) < 4.78 is 83.0. The van der Waals surface area contributed by atoms with Crippen molar-refractivity contribution in [2.45, 2.75) is 12.5 Å². The number of carbonyl (C=O) groups is 2. The molecule has 184 valence electrons. The number of anilines is 1. The summed E-state index contributed by atoms with van der Waals surface area (Å²) in [5, 5.41) is 0.0572. The maximum Gasteiger partial charge on any atom is 0.573 e. The van der Waals surface area contributed by atoms with Crippen LogP contribution in [0.15, 0.2) is 60.7 Å². The van der Waals surface area contributed by atoms with E-state index in [9.17, 15) is 35.9 Å². The summed E-state index contributed by atoms with van der Waals surface area (Å²) in [6.45, 7) is 0. The van der Waals surface area contributed by atoms with E-state index >= 15 is 0 Å². The maximum absolute atomic E-state index is 13.9. The van der Waals surface area contributed by atoms with Gasteiger partial charge in [-0.05, 0) is 54.1 Å². The Labute approximate surface area is 199 Å². The van der Waals surface area contributed by atoms with Crippen molar-refractivity contribution in [2.24, 2.45) is 5.73 Å². The highest BCUT2D eigenvalue weighted by Gasteiger charge is 2.36. The van der Waals surface area contributed by atoms with Crippen LogP contribution >= 0.6 is 11.6 Å². The number of benzene rings is 3. The fourth-order valence-corrected chi connectivity index (χ4v) is 3.48. The Bertz CT molecular complexity index is 1290. The van der Waals surface area contributed by atoms with Crippen molar-refractivity contribution in [3.8, 4) is 16.9 Å². The minimum Gasteiger partial charge on any atom is -0.406 e. The van der Waals surface area contributed by atoms with E-state index in [-0.39, 0.29) is 27.3 Å². The summed E-state index contributed by atoms with van der Waals surface area (Å²) in [6, 6.07) is 10.8. The second kappa shape index (κ2) is 9.49. The topological polar surface area (TPSA) is 72.6 Å². The van der Waals surface area contributed by atoms with Gasteiger partial charge in [0, 0.05) is 28.8 Å². The summed E-state index contributed by atoms with van der Waals surface area (Å²) >= 11 is 6.11. The number of hydrogen-bond acceptors (Lipinski definition) is 3. The molecule has 2 amide bonds. The largest absolute Gasteiger partial charge is 0.573 e. The van der Waals surface area contributed by atoms with Gasteiger partial charge >= 0.3 is 12.5 Å². The molecule has 0 aromatic heterocycles. The normalized spacial score (nSPS) is 11.8. The van der Waals surface area contributed by atoms with Gasteiger partial charge < -0.3 is 15.4 Å². The minimum absolute atomic E-state index is 0.00408. The molecule has 0 unspecified atom stereocenters. The Kier molecular flexibility index (Phi) is 7.02. The Morgan fingerprint density at radius 1 is 0.914 bits per heavy atom. The standard InChI is InChI=1S/C23H15ClF6N2O3/c1-32(21(34)14-3-2-4-15(9-14)35-23(28,29)30)19-8-6-12(11-17(19)22(25,26)27)16-10-13(20(31)33)5-7-18(16)24/h2-11H,1H3,(H2,31,33). The van der Waals surface area contributed by atoms with Crippen LogP contribution < -0.4 is 15.4 Å². The van der Waals surface area contributed by atoms with Gasteiger partial charge in [-0.15, -0.1) is 13.2 Å². The van der Waals surface area contributed by atoms with Crippen molar-refractivity contribution in [2.75, 3.05) is 11.9 Å². The van der Waals surface area contributed by atoms with Crippen LogP contribution in [0.5, 0.6) is 5.75 Å². The molecule has 5 nitrogen and oxygen atoms in total. The zero-order valence-corrected chi connectivity index (χ0v) is 18.4. The predicted molar refractivity (Wildman–Crippen MR) is 116 cm³/mol. The minimum atomic E-state index is -5.01. The van der Waals surface area contributed by atoms with E-state index in [2.05, 4.69) is 4.74 Å². The summed E-state index contributed by atoms with van der Waals surface area (Å²) in [5.41, 5.74) is 3.25. The van der Waals surface area contributed by atoms with Gasteiger partial charge in [0.2, 0.25) is 5.91 Å². The molecule has 2 N–H and O–H groups in total. The molecular formula is C23H15ClF6N2O3. The molecule has 0 saturated heterocycles. The predicted octanol–water partition coefficient (Wildman–Crippen LogP) is 6.30. The van der Waals surface area contributed by atoms with Gasteiger partial charge in [-0.1, -0.05) is 23.7 Å². The van der Waals surface area contributed by atoms with Gasteiger partial charge in [-0.3, -0.25) is 9.59 Å². The Hall–Kier alpha value is -3.73. The molecule has 0 bridgehead atoms. The molecule has 0 heterocycles. The second-order valence-electron chi connectivity index (χ2n) is 7.23. The van der Waals surface area contributed by atoms with Gasteiger partial charge in [0.25, 0.3) is 5.91 Å². The molecule has 3 rings (SSSR count). The molecule has 3 aromatic rings. The highest BCUT2D eigenvalue weighted by atomic mass is 35.5.